The number of rotatable bonds is 3. The Labute approximate surface area is 164 Å². The molecule has 7 nitrogen and oxygen atoms in total. The number of hydrogen-bond acceptors (Lipinski definition) is 6. The summed E-state index contributed by atoms with van der Waals surface area (Å²) >= 11 is 7.88. The van der Waals surface area contributed by atoms with Crippen molar-refractivity contribution in [3.63, 3.8) is 0 Å². The summed E-state index contributed by atoms with van der Waals surface area (Å²) in [6, 6.07) is 3.97. The highest BCUT2D eigenvalue weighted by Gasteiger charge is 2.19. The molecule has 0 saturated carbocycles. The van der Waals surface area contributed by atoms with E-state index in [9.17, 15) is 0 Å². The molecule has 4 heterocycles. The largest absolute Gasteiger partial charge is 0.350 e. The number of aromatic nitrogens is 5. The first kappa shape index (κ1) is 17.4. The van der Waals surface area contributed by atoms with Crippen LogP contribution in [0.25, 0.3) is 32.0 Å². The summed E-state index contributed by atoms with van der Waals surface area (Å²) in [7, 11) is 3.64. The van der Waals surface area contributed by atoms with Gasteiger partial charge in [-0.3, -0.25) is 4.99 Å². The molecule has 0 aliphatic heterocycles. The van der Waals surface area contributed by atoms with Gasteiger partial charge in [-0.05, 0) is 18.9 Å². The van der Waals surface area contributed by atoms with Gasteiger partial charge in [0.25, 0.3) is 0 Å². The minimum Gasteiger partial charge on any atom is -0.350 e. The maximum absolute atomic E-state index is 6.44. The van der Waals surface area contributed by atoms with Crippen molar-refractivity contribution in [2.75, 3.05) is 7.05 Å². The van der Waals surface area contributed by atoms with Crippen LogP contribution >= 0.6 is 22.9 Å². The van der Waals surface area contributed by atoms with Gasteiger partial charge in [-0.1, -0.05) is 11.6 Å². The van der Waals surface area contributed by atoms with Gasteiger partial charge in [0.05, 0.1) is 16.1 Å². The fraction of sp³-hybridized carbons (Fsp3) is 0.111. The lowest BCUT2D eigenvalue weighted by Crippen LogP contribution is -2.03. The van der Waals surface area contributed by atoms with E-state index in [1.54, 1.807) is 19.4 Å². The molecule has 0 aromatic carbocycles. The summed E-state index contributed by atoms with van der Waals surface area (Å²) in [6.45, 7) is 3.61. The van der Waals surface area contributed by atoms with Gasteiger partial charge in [-0.25, -0.2) is 24.9 Å². The number of aryl methyl sites for hydroxylation is 1. The van der Waals surface area contributed by atoms with Crippen molar-refractivity contribution in [3.05, 3.63) is 47.9 Å². The normalized spacial score (nSPS) is 11.9. The Morgan fingerprint density at radius 1 is 1.26 bits per heavy atom. The molecular formula is C18H14ClN7S. The van der Waals surface area contributed by atoms with Gasteiger partial charge < -0.3 is 4.57 Å². The number of fused-ring (bicyclic) bond motifs is 1. The van der Waals surface area contributed by atoms with E-state index >= 15 is 0 Å². The number of amidine groups is 1. The SMILES string of the molecule is C=NC(=NC)c1nc(-c2sc(-c3cncnc3)nc2Cl)cc2c1ccn2C. The van der Waals surface area contributed by atoms with E-state index in [4.69, 9.17) is 16.6 Å². The number of pyridine rings is 1. The molecule has 134 valence electrons. The molecule has 0 atom stereocenters. The zero-order valence-corrected chi connectivity index (χ0v) is 16.2. The van der Waals surface area contributed by atoms with Crippen LogP contribution in [0.4, 0.5) is 0 Å². The molecule has 0 bridgehead atoms. The van der Waals surface area contributed by atoms with E-state index in [0.29, 0.717) is 22.4 Å². The predicted octanol–water partition coefficient (Wildman–Crippen LogP) is 3.88. The highest BCUT2D eigenvalue weighted by molar-refractivity contribution is 7.19. The van der Waals surface area contributed by atoms with E-state index < -0.39 is 0 Å². The molecular weight excluding hydrogens is 382 g/mol. The predicted molar refractivity (Wildman–Crippen MR) is 110 cm³/mol. The highest BCUT2D eigenvalue weighted by Crippen LogP contribution is 2.38. The first-order valence-corrected chi connectivity index (χ1v) is 9.14. The zero-order chi connectivity index (χ0) is 19.0. The Hall–Kier alpha value is -2.97. The van der Waals surface area contributed by atoms with Crippen LogP contribution in [-0.2, 0) is 7.05 Å². The van der Waals surface area contributed by atoms with Crippen molar-refractivity contribution >= 4 is 46.4 Å². The van der Waals surface area contributed by atoms with Crippen molar-refractivity contribution < 1.29 is 0 Å². The molecule has 9 heteroatoms. The number of nitrogens with zero attached hydrogens (tertiary/aromatic N) is 7. The van der Waals surface area contributed by atoms with E-state index in [0.717, 1.165) is 26.4 Å². The third-order valence-corrected chi connectivity index (χ3v) is 5.59. The Kier molecular flexibility index (Phi) is 4.51. The van der Waals surface area contributed by atoms with Crippen molar-refractivity contribution in [2.24, 2.45) is 17.0 Å². The number of thiazole rings is 1. The first-order valence-electron chi connectivity index (χ1n) is 7.94. The van der Waals surface area contributed by atoms with Crippen LogP contribution in [0.5, 0.6) is 0 Å². The fourth-order valence-electron chi connectivity index (χ4n) is 2.80. The summed E-state index contributed by atoms with van der Waals surface area (Å²) in [4.78, 5) is 26.3. The van der Waals surface area contributed by atoms with Crippen molar-refractivity contribution in [3.8, 4) is 21.1 Å². The summed E-state index contributed by atoms with van der Waals surface area (Å²) in [5.74, 6) is 0.477. The molecule has 0 fully saturated rings. The average Bonchev–Trinajstić information content (AvgIpc) is 3.26. The summed E-state index contributed by atoms with van der Waals surface area (Å²) in [6.07, 6.45) is 6.85. The number of hydrogen-bond donors (Lipinski definition) is 0. The van der Waals surface area contributed by atoms with Gasteiger partial charge in [0, 0.05) is 43.6 Å². The fourth-order valence-corrected chi connectivity index (χ4v) is 4.03. The van der Waals surface area contributed by atoms with Crippen LogP contribution in [0.3, 0.4) is 0 Å². The Bertz CT molecular complexity index is 1180. The van der Waals surface area contributed by atoms with Crippen LogP contribution in [-0.4, -0.2) is 44.1 Å². The quantitative estimate of drug-likeness (QED) is 0.389. The molecule has 0 spiro atoms. The van der Waals surface area contributed by atoms with Gasteiger partial charge in [0.2, 0.25) is 0 Å². The molecule has 0 saturated heterocycles. The maximum atomic E-state index is 6.44. The minimum atomic E-state index is 0.382. The van der Waals surface area contributed by atoms with E-state index in [2.05, 4.69) is 31.7 Å². The van der Waals surface area contributed by atoms with Crippen LogP contribution in [0.1, 0.15) is 5.69 Å². The Balaban J connectivity index is 1.94. The lowest BCUT2D eigenvalue weighted by Gasteiger charge is -2.07. The van der Waals surface area contributed by atoms with E-state index in [-0.39, 0.29) is 0 Å². The van der Waals surface area contributed by atoms with Gasteiger partial charge in [-0.2, -0.15) is 0 Å². The number of halogens is 1. The number of aliphatic imine (C=N–C) groups is 2. The van der Waals surface area contributed by atoms with Crippen LogP contribution in [0.2, 0.25) is 5.15 Å². The Morgan fingerprint density at radius 2 is 2.04 bits per heavy atom. The first-order chi connectivity index (χ1) is 13.1. The van der Waals surface area contributed by atoms with Gasteiger partial charge in [0.15, 0.2) is 5.84 Å². The zero-order valence-electron chi connectivity index (χ0n) is 14.6. The molecule has 0 unspecified atom stereocenters. The van der Waals surface area contributed by atoms with Gasteiger partial charge >= 0.3 is 0 Å². The van der Waals surface area contributed by atoms with Crippen LogP contribution < -0.4 is 0 Å². The monoisotopic (exact) mass is 395 g/mol. The summed E-state index contributed by atoms with van der Waals surface area (Å²) in [5.41, 5.74) is 3.16. The minimum absolute atomic E-state index is 0.382. The van der Waals surface area contributed by atoms with E-state index in [1.165, 1.54) is 17.7 Å². The van der Waals surface area contributed by atoms with Crippen molar-refractivity contribution in [1.29, 1.82) is 0 Å². The molecule has 0 aliphatic rings. The van der Waals surface area contributed by atoms with Crippen LogP contribution in [0, 0.1) is 0 Å². The van der Waals surface area contributed by atoms with Gasteiger partial charge in [0.1, 0.15) is 22.2 Å². The molecule has 27 heavy (non-hydrogen) atoms. The molecule has 0 radical (unpaired) electrons. The maximum Gasteiger partial charge on any atom is 0.173 e. The third kappa shape index (κ3) is 3.02. The molecule has 4 rings (SSSR count). The van der Waals surface area contributed by atoms with Gasteiger partial charge in [-0.15, -0.1) is 11.3 Å². The second-order valence-corrected chi connectivity index (χ2v) is 7.04. The molecule has 0 amide bonds. The average molecular weight is 396 g/mol. The standard InChI is InChI=1S/C18H14ClN7S/c1-20-17(21-2)14-11-4-5-26(3)13(11)6-12(24-14)15-16(19)25-18(27-15)10-7-22-9-23-8-10/h4-9H,1H2,2-3H3. The lowest BCUT2D eigenvalue weighted by molar-refractivity contribution is 0.968. The van der Waals surface area contributed by atoms with E-state index in [1.807, 2.05) is 29.9 Å². The second-order valence-electron chi connectivity index (χ2n) is 5.69. The van der Waals surface area contributed by atoms with Crippen LogP contribution in [0.15, 0.2) is 47.0 Å². The molecule has 4 aromatic rings. The Morgan fingerprint density at radius 3 is 2.74 bits per heavy atom. The van der Waals surface area contributed by atoms with Crippen molar-refractivity contribution in [1.82, 2.24) is 24.5 Å². The lowest BCUT2D eigenvalue weighted by atomic mass is 10.2. The molecule has 4 aromatic heterocycles. The highest BCUT2D eigenvalue weighted by atomic mass is 35.5. The smallest absolute Gasteiger partial charge is 0.173 e. The molecule has 0 N–H and O–H groups in total. The third-order valence-electron chi connectivity index (χ3n) is 4.08. The molecule has 0 aliphatic carbocycles. The summed E-state index contributed by atoms with van der Waals surface area (Å²) in [5, 5.41) is 2.07. The topological polar surface area (TPSA) is 81.2 Å². The second kappa shape index (κ2) is 6.98. The van der Waals surface area contributed by atoms with Crippen molar-refractivity contribution in [2.45, 2.75) is 0 Å². The summed E-state index contributed by atoms with van der Waals surface area (Å²) < 4.78 is 2.02.